The zero-order chi connectivity index (χ0) is 12.3. The van der Waals surface area contributed by atoms with Crippen LogP contribution in [0.3, 0.4) is 0 Å². The fourth-order valence-corrected chi connectivity index (χ4v) is 2.16. The Labute approximate surface area is 102 Å². The van der Waals surface area contributed by atoms with Crippen LogP contribution in [0.1, 0.15) is 12.8 Å². The summed E-state index contributed by atoms with van der Waals surface area (Å²) in [6, 6.07) is 6.16. The standard InChI is InChI=1S/C13H20N2O2/c1-16-11-3-4-13(17-2)12(7-11)15-8-9-5-10(14)6-9/h3-4,7,9-10,15H,5-6,8,14H2,1-2H3. The average molecular weight is 236 g/mol. The van der Waals surface area contributed by atoms with E-state index in [1.165, 1.54) is 0 Å². The zero-order valence-electron chi connectivity index (χ0n) is 10.4. The van der Waals surface area contributed by atoms with Gasteiger partial charge >= 0.3 is 0 Å². The second kappa shape index (κ2) is 5.27. The summed E-state index contributed by atoms with van der Waals surface area (Å²) >= 11 is 0. The molecule has 1 saturated carbocycles. The molecule has 1 aliphatic rings. The topological polar surface area (TPSA) is 56.5 Å². The van der Waals surface area contributed by atoms with Crippen LogP contribution < -0.4 is 20.5 Å². The summed E-state index contributed by atoms with van der Waals surface area (Å²) in [6.45, 7) is 0.942. The molecule has 0 amide bonds. The second-order valence-corrected chi connectivity index (χ2v) is 4.54. The molecule has 2 rings (SSSR count). The molecule has 4 heteroatoms. The first kappa shape index (κ1) is 12.0. The van der Waals surface area contributed by atoms with Gasteiger partial charge in [0, 0.05) is 18.7 Å². The summed E-state index contributed by atoms with van der Waals surface area (Å²) in [5.41, 5.74) is 6.75. The van der Waals surface area contributed by atoms with Gasteiger partial charge in [-0.2, -0.15) is 0 Å². The molecule has 0 bridgehead atoms. The molecular weight excluding hydrogens is 216 g/mol. The molecule has 1 aliphatic carbocycles. The molecule has 3 N–H and O–H groups in total. The van der Waals surface area contributed by atoms with Gasteiger partial charge in [-0.05, 0) is 30.9 Å². The number of anilines is 1. The summed E-state index contributed by atoms with van der Waals surface area (Å²) in [5.74, 6) is 2.36. The van der Waals surface area contributed by atoms with E-state index in [0.29, 0.717) is 12.0 Å². The van der Waals surface area contributed by atoms with Gasteiger partial charge in [-0.15, -0.1) is 0 Å². The van der Waals surface area contributed by atoms with Crippen molar-refractivity contribution < 1.29 is 9.47 Å². The van der Waals surface area contributed by atoms with Crippen molar-refractivity contribution in [3.05, 3.63) is 18.2 Å². The van der Waals surface area contributed by atoms with Gasteiger partial charge in [0.05, 0.1) is 19.9 Å². The maximum atomic E-state index is 5.77. The molecule has 0 radical (unpaired) electrons. The Morgan fingerprint density at radius 2 is 2.06 bits per heavy atom. The summed E-state index contributed by atoms with van der Waals surface area (Å²) < 4.78 is 10.5. The third-order valence-electron chi connectivity index (χ3n) is 3.26. The lowest BCUT2D eigenvalue weighted by atomic mass is 9.81. The summed E-state index contributed by atoms with van der Waals surface area (Å²) in [7, 11) is 3.34. The number of methoxy groups -OCH3 is 2. The minimum absolute atomic E-state index is 0.397. The molecule has 1 aromatic carbocycles. The van der Waals surface area contributed by atoms with E-state index in [9.17, 15) is 0 Å². The van der Waals surface area contributed by atoms with Crippen LogP contribution in [0, 0.1) is 5.92 Å². The van der Waals surface area contributed by atoms with E-state index in [1.54, 1.807) is 14.2 Å². The molecule has 0 aromatic heterocycles. The number of hydrogen-bond acceptors (Lipinski definition) is 4. The van der Waals surface area contributed by atoms with Crippen molar-refractivity contribution >= 4 is 5.69 Å². The number of hydrogen-bond donors (Lipinski definition) is 2. The van der Waals surface area contributed by atoms with Crippen LogP contribution in [-0.2, 0) is 0 Å². The first-order valence-corrected chi connectivity index (χ1v) is 5.94. The number of ether oxygens (including phenoxy) is 2. The minimum atomic E-state index is 0.397. The number of nitrogens with two attached hydrogens (primary N) is 1. The lowest BCUT2D eigenvalue weighted by Crippen LogP contribution is -2.39. The fourth-order valence-electron chi connectivity index (χ4n) is 2.16. The van der Waals surface area contributed by atoms with E-state index in [-0.39, 0.29) is 0 Å². The van der Waals surface area contributed by atoms with Gasteiger partial charge in [-0.3, -0.25) is 0 Å². The van der Waals surface area contributed by atoms with Crippen molar-refractivity contribution in [2.24, 2.45) is 11.7 Å². The van der Waals surface area contributed by atoms with Crippen molar-refractivity contribution in [3.8, 4) is 11.5 Å². The lowest BCUT2D eigenvalue weighted by Gasteiger charge is -2.32. The van der Waals surface area contributed by atoms with Crippen molar-refractivity contribution in [2.45, 2.75) is 18.9 Å². The van der Waals surface area contributed by atoms with Crippen LogP contribution in [-0.4, -0.2) is 26.8 Å². The molecule has 0 aliphatic heterocycles. The molecule has 1 aromatic rings. The van der Waals surface area contributed by atoms with Crippen LogP contribution in [0.25, 0.3) is 0 Å². The molecule has 1 fully saturated rings. The highest BCUT2D eigenvalue weighted by atomic mass is 16.5. The number of rotatable bonds is 5. The van der Waals surface area contributed by atoms with Gasteiger partial charge in [0.15, 0.2) is 0 Å². The van der Waals surface area contributed by atoms with E-state index < -0.39 is 0 Å². The van der Waals surface area contributed by atoms with E-state index >= 15 is 0 Å². The highest BCUT2D eigenvalue weighted by molar-refractivity contribution is 5.59. The molecule has 0 saturated heterocycles. The molecule has 0 spiro atoms. The predicted molar refractivity (Wildman–Crippen MR) is 68.7 cm³/mol. The Morgan fingerprint density at radius 1 is 1.29 bits per heavy atom. The quantitative estimate of drug-likeness (QED) is 0.819. The highest BCUT2D eigenvalue weighted by Crippen LogP contribution is 2.31. The number of benzene rings is 1. The molecule has 0 atom stereocenters. The zero-order valence-corrected chi connectivity index (χ0v) is 10.4. The van der Waals surface area contributed by atoms with Crippen molar-refractivity contribution in [3.63, 3.8) is 0 Å². The SMILES string of the molecule is COc1ccc(OC)c(NCC2CC(N)C2)c1. The molecule has 17 heavy (non-hydrogen) atoms. The van der Waals surface area contributed by atoms with Crippen LogP contribution in [0.15, 0.2) is 18.2 Å². The molecule has 94 valence electrons. The Balaban J connectivity index is 1.97. The van der Waals surface area contributed by atoms with E-state index in [4.69, 9.17) is 15.2 Å². The monoisotopic (exact) mass is 236 g/mol. The summed E-state index contributed by atoms with van der Waals surface area (Å²) in [4.78, 5) is 0. The summed E-state index contributed by atoms with van der Waals surface area (Å²) in [6.07, 6.45) is 2.22. The van der Waals surface area contributed by atoms with E-state index in [2.05, 4.69) is 5.32 Å². The second-order valence-electron chi connectivity index (χ2n) is 4.54. The molecule has 0 unspecified atom stereocenters. The summed E-state index contributed by atoms with van der Waals surface area (Å²) in [5, 5.41) is 3.40. The lowest BCUT2D eigenvalue weighted by molar-refractivity contribution is 0.279. The number of nitrogens with one attached hydrogen (secondary N) is 1. The van der Waals surface area contributed by atoms with Crippen LogP contribution in [0.4, 0.5) is 5.69 Å². The van der Waals surface area contributed by atoms with E-state index in [1.807, 2.05) is 18.2 Å². The van der Waals surface area contributed by atoms with Gasteiger partial charge in [0.1, 0.15) is 11.5 Å². The smallest absolute Gasteiger partial charge is 0.142 e. The van der Waals surface area contributed by atoms with Crippen molar-refractivity contribution in [1.29, 1.82) is 0 Å². The minimum Gasteiger partial charge on any atom is -0.497 e. The van der Waals surface area contributed by atoms with Gasteiger partial charge < -0.3 is 20.5 Å². The maximum absolute atomic E-state index is 5.77. The Hall–Kier alpha value is -1.42. The van der Waals surface area contributed by atoms with E-state index in [0.717, 1.165) is 36.6 Å². The van der Waals surface area contributed by atoms with Crippen molar-refractivity contribution in [1.82, 2.24) is 0 Å². The molecule has 0 heterocycles. The Kier molecular flexibility index (Phi) is 3.74. The predicted octanol–water partition coefficient (Wildman–Crippen LogP) is 1.85. The van der Waals surface area contributed by atoms with Gasteiger partial charge in [0.2, 0.25) is 0 Å². The maximum Gasteiger partial charge on any atom is 0.142 e. The first-order chi connectivity index (χ1) is 8.22. The van der Waals surface area contributed by atoms with Crippen LogP contribution >= 0.6 is 0 Å². The largest absolute Gasteiger partial charge is 0.497 e. The van der Waals surface area contributed by atoms with Crippen LogP contribution in [0.2, 0.25) is 0 Å². The van der Waals surface area contributed by atoms with Crippen LogP contribution in [0.5, 0.6) is 11.5 Å². The Morgan fingerprint density at radius 3 is 2.65 bits per heavy atom. The third kappa shape index (κ3) is 2.82. The first-order valence-electron chi connectivity index (χ1n) is 5.94. The third-order valence-corrected chi connectivity index (χ3v) is 3.26. The van der Waals surface area contributed by atoms with Gasteiger partial charge in [0.25, 0.3) is 0 Å². The molecular formula is C13H20N2O2. The molecule has 4 nitrogen and oxygen atoms in total. The van der Waals surface area contributed by atoms with Gasteiger partial charge in [-0.25, -0.2) is 0 Å². The fraction of sp³-hybridized carbons (Fsp3) is 0.538. The highest BCUT2D eigenvalue weighted by Gasteiger charge is 2.25. The van der Waals surface area contributed by atoms with Crippen molar-refractivity contribution in [2.75, 3.05) is 26.1 Å². The average Bonchev–Trinajstić information content (AvgIpc) is 2.32. The normalized spacial score (nSPS) is 22.8. The van der Waals surface area contributed by atoms with Gasteiger partial charge in [-0.1, -0.05) is 0 Å². The Bertz CT molecular complexity index is 376.